The van der Waals surface area contributed by atoms with Crippen molar-refractivity contribution >= 4 is 23.2 Å². The molecular formula is C17H27N3O2. The largest absolute Gasteiger partial charge is 0.378 e. The third kappa shape index (κ3) is 5.76. The predicted molar refractivity (Wildman–Crippen MR) is 91.3 cm³/mol. The monoisotopic (exact) mass is 305 g/mol. The van der Waals surface area contributed by atoms with Crippen molar-refractivity contribution < 1.29 is 9.59 Å². The molecule has 1 aromatic carbocycles. The molecule has 0 heterocycles. The Kier molecular flexibility index (Phi) is 6.89. The molecule has 0 aliphatic heterocycles. The van der Waals surface area contributed by atoms with Crippen LogP contribution in [0.25, 0.3) is 0 Å². The Bertz CT molecular complexity index is 495. The molecule has 122 valence electrons. The second-order valence-electron chi connectivity index (χ2n) is 6.03. The van der Waals surface area contributed by atoms with Crippen LogP contribution in [0.3, 0.4) is 0 Å². The minimum Gasteiger partial charge on any atom is -0.378 e. The fourth-order valence-electron chi connectivity index (χ4n) is 2.15. The molecule has 0 spiro atoms. The molecule has 1 N–H and O–H groups in total. The van der Waals surface area contributed by atoms with Gasteiger partial charge in [-0.25, -0.2) is 0 Å². The second kappa shape index (κ2) is 8.41. The summed E-state index contributed by atoms with van der Waals surface area (Å²) in [5.74, 6) is 0.333. The molecule has 22 heavy (non-hydrogen) atoms. The SMILES string of the molecule is CC(=O)N(CCNC(=O)CC(C)C)c1ccc(N(C)C)cc1. The lowest BCUT2D eigenvalue weighted by molar-refractivity contribution is -0.122. The van der Waals surface area contributed by atoms with Crippen LogP contribution in [-0.4, -0.2) is 39.0 Å². The highest BCUT2D eigenvalue weighted by atomic mass is 16.2. The van der Waals surface area contributed by atoms with Gasteiger partial charge in [0.1, 0.15) is 0 Å². The summed E-state index contributed by atoms with van der Waals surface area (Å²) in [6.45, 7) is 6.48. The Hall–Kier alpha value is -2.04. The minimum absolute atomic E-state index is 0.0291. The van der Waals surface area contributed by atoms with Crippen LogP contribution in [0.1, 0.15) is 27.2 Å². The molecular weight excluding hydrogens is 278 g/mol. The third-order valence-electron chi connectivity index (χ3n) is 3.31. The normalized spacial score (nSPS) is 10.5. The highest BCUT2D eigenvalue weighted by Crippen LogP contribution is 2.19. The molecule has 5 heteroatoms. The number of hydrogen-bond acceptors (Lipinski definition) is 3. The molecule has 1 aromatic rings. The summed E-state index contributed by atoms with van der Waals surface area (Å²) in [4.78, 5) is 27.1. The Morgan fingerprint density at radius 3 is 2.09 bits per heavy atom. The lowest BCUT2D eigenvalue weighted by atomic mass is 10.1. The maximum absolute atomic E-state index is 11.8. The lowest BCUT2D eigenvalue weighted by Gasteiger charge is -2.22. The Morgan fingerprint density at radius 1 is 1.09 bits per heavy atom. The van der Waals surface area contributed by atoms with Crippen LogP contribution >= 0.6 is 0 Å². The number of hydrogen-bond donors (Lipinski definition) is 1. The number of carbonyl (C=O) groups is 2. The van der Waals surface area contributed by atoms with Crippen molar-refractivity contribution in [2.75, 3.05) is 37.0 Å². The lowest BCUT2D eigenvalue weighted by Crippen LogP contribution is -2.37. The van der Waals surface area contributed by atoms with E-state index in [9.17, 15) is 9.59 Å². The molecule has 0 saturated heterocycles. The number of nitrogens with zero attached hydrogens (tertiary/aromatic N) is 2. The van der Waals surface area contributed by atoms with Gasteiger partial charge in [-0.3, -0.25) is 9.59 Å². The molecule has 1 rings (SSSR count). The summed E-state index contributed by atoms with van der Waals surface area (Å²) in [5, 5.41) is 2.86. The minimum atomic E-state index is -0.0317. The van der Waals surface area contributed by atoms with Crippen molar-refractivity contribution in [2.45, 2.75) is 27.2 Å². The van der Waals surface area contributed by atoms with Gasteiger partial charge in [-0.2, -0.15) is 0 Å². The quantitative estimate of drug-likeness (QED) is 0.841. The first kappa shape index (κ1) is 18.0. The van der Waals surface area contributed by atoms with Crippen LogP contribution < -0.4 is 15.1 Å². The number of anilines is 2. The Morgan fingerprint density at radius 2 is 1.64 bits per heavy atom. The average Bonchev–Trinajstić information content (AvgIpc) is 2.42. The van der Waals surface area contributed by atoms with Crippen LogP contribution in [-0.2, 0) is 9.59 Å². The molecule has 0 unspecified atom stereocenters. The zero-order valence-electron chi connectivity index (χ0n) is 14.2. The van der Waals surface area contributed by atoms with Crippen molar-refractivity contribution in [1.82, 2.24) is 5.32 Å². The van der Waals surface area contributed by atoms with E-state index in [1.54, 1.807) is 4.90 Å². The summed E-state index contributed by atoms with van der Waals surface area (Å²) in [7, 11) is 3.95. The van der Waals surface area contributed by atoms with E-state index in [0.717, 1.165) is 11.4 Å². The van der Waals surface area contributed by atoms with Crippen molar-refractivity contribution in [3.8, 4) is 0 Å². The van der Waals surface area contributed by atoms with Crippen LogP contribution in [0.5, 0.6) is 0 Å². The van der Waals surface area contributed by atoms with E-state index in [2.05, 4.69) is 5.32 Å². The van der Waals surface area contributed by atoms with E-state index in [-0.39, 0.29) is 11.8 Å². The molecule has 0 aliphatic rings. The van der Waals surface area contributed by atoms with E-state index >= 15 is 0 Å². The molecule has 0 bridgehead atoms. The third-order valence-corrected chi connectivity index (χ3v) is 3.31. The molecule has 5 nitrogen and oxygen atoms in total. The molecule has 0 fully saturated rings. The highest BCUT2D eigenvalue weighted by Gasteiger charge is 2.12. The van der Waals surface area contributed by atoms with Gasteiger partial charge in [0.15, 0.2) is 0 Å². The molecule has 2 amide bonds. The van der Waals surface area contributed by atoms with Crippen molar-refractivity contribution in [3.05, 3.63) is 24.3 Å². The first-order chi connectivity index (χ1) is 10.3. The fourth-order valence-corrected chi connectivity index (χ4v) is 2.15. The van der Waals surface area contributed by atoms with Crippen molar-refractivity contribution in [3.63, 3.8) is 0 Å². The van der Waals surface area contributed by atoms with Crippen LogP contribution in [0.4, 0.5) is 11.4 Å². The van der Waals surface area contributed by atoms with E-state index in [0.29, 0.717) is 25.4 Å². The van der Waals surface area contributed by atoms with Gasteiger partial charge in [-0.05, 0) is 30.2 Å². The van der Waals surface area contributed by atoms with E-state index < -0.39 is 0 Å². The highest BCUT2D eigenvalue weighted by molar-refractivity contribution is 5.91. The maximum Gasteiger partial charge on any atom is 0.223 e. The predicted octanol–water partition coefficient (Wildman–Crippen LogP) is 2.27. The molecule has 0 atom stereocenters. The van der Waals surface area contributed by atoms with Crippen LogP contribution in [0.2, 0.25) is 0 Å². The molecule has 0 aliphatic carbocycles. The average molecular weight is 305 g/mol. The van der Waals surface area contributed by atoms with Crippen LogP contribution in [0.15, 0.2) is 24.3 Å². The van der Waals surface area contributed by atoms with Gasteiger partial charge in [0.2, 0.25) is 11.8 Å². The summed E-state index contributed by atoms with van der Waals surface area (Å²) < 4.78 is 0. The number of nitrogens with one attached hydrogen (secondary N) is 1. The van der Waals surface area contributed by atoms with E-state index in [1.807, 2.05) is 57.1 Å². The van der Waals surface area contributed by atoms with Gasteiger partial charge in [-0.1, -0.05) is 13.8 Å². The molecule has 0 saturated carbocycles. The first-order valence-electron chi connectivity index (χ1n) is 7.63. The van der Waals surface area contributed by atoms with Crippen molar-refractivity contribution in [2.24, 2.45) is 5.92 Å². The maximum atomic E-state index is 11.8. The van der Waals surface area contributed by atoms with Gasteiger partial charge >= 0.3 is 0 Å². The van der Waals surface area contributed by atoms with Crippen molar-refractivity contribution in [1.29, 1.82) is 0 Å². The Balaban J connectivity index is 2.62. The molecule has 0 aromatic heterocycles. The zero-order valence-corrected chi connectivity index (χ0v) is 14.2. The topological polar surface area (TPSA) is 52.7 Å². The summed E-state index contributed by atoms with van der Waals surface area (Å²) in [6.07, 6.45) is 0.512. The van der Waals surface area contributed by atoms with Gasteiger partial charge in [0.25, 0.3) is 0 Å². The number of rotatable bonds is 7. The van der Waals surface area contributed by atoms with Gasteiger partial charge in [-0.15, -0.1) is 0 Å². The summed E-state index contributed by atoms with van der Waals surface area (Å²) in [5.41, 5.74) is 1.92. The second-order valence-corrected chi connectivity index (χ2v) is 6.03. The first-order valence-corrected chi connectivity index (χ1v) is 7.63. The van der Waals surface area contributed by atoms with Gasteiger partial charge in [0, 0.05) is 51.9 Å². The number of carbonyl (C=O) groups excluding carboxylic acids is 2. The van der Waals surface area contributed by atoms with Gasteiger partial charge in [0.05, 0.1) is 0 Å². The van der Waals surface area contributed by atoms with Gasteiger partial charge < -0.3 is 15.1 Å². The van der Waals surface area contributed by atoms with Crippen LogP contribution in [0, 0.1) is 5.92 Å². The standard InChI is InChI=1S/C17H27N3O2/c1-13(2)12-17(22)18-10-11-20(14(3)21)16-8-6-15(7-9-16)19(4)5/h6-9,13H,10-12H2,1-5H3,(H,18,22). The van der Waals surface area contributed by atoms with E-state index in [1.165, 1.54) is 6.92 Å². The number of benzene rings is 1. The summed E-state index contributed by atoms with van der Waals surface area (Å²) >= 11 is 0. The van der Waals surface area contributed by atoms with E-state index in [4.69, 9.17) is 0 Å². The zero-order chi connectivity index (χ0) is 16.7. The summed E-state index contributed by atoms with van der Waals surface area (Å²) in [6, 6.07) is 7.80. The fraction of sp³-hybridized carbons (Fsp3) is 0.529. The smallest absolute Gasteiger partial charge is 0.223 e. The number of amides is 2. The molecule has 0 radical (unpaired) electrons. The Labute approximate surface area is 133 Å².